The fourth-order valence-electron chi connectivity index (χ4n) is 1.52. The van der Waals surface area contributed by atoms with Crippen molar-refractivity contribution in [2.75, 3.05) is 11.9 Å². The Kier molecular flexibility index (Phi) is 4.15. The lowest BCUT2D eigenvalue weighted by atomic mass is 10.2. The number of hydrogen-bond donors (Lipinski definition) is 1. The van der Waals surface area contributed by atoms with E-state index in [4.69, 9.17) is 5.73 Å². The second-order valence-electron chi connectivity index (χ2n) is 3.77. The molecule has 0 saturated heterocycles. The zero-order valence-electron chi connectivity index (χ0n) is 9.56. The van der Waals surface area contributed by atoms with Crippen molar-refractivity contribution < 1.29 is 0 Å². The summed E-state index contributed by atoms with van der Waals surface area (Å²) >= 11 is 5.18. The average molecular weight is 312 g/mol. The molecule has 0 saturated carbocycles. The maximum Gasteiger partial charge on any atom is 0.185 e. The van der Waals surface area contributed by atoms with E-state index in [1.54, 1.807) is 11.3 Å². The first-order valence-corrected chi connectivity index (χ1v) is 6.97. The van der Waals surface area contributed by atoms with Crippen LogP contribution in [0.3, 0.4) is 0 Å². The van der Waals surface area contributed by atoms with Gasteiger partial charge in [-0.05, 0) is 11.6 Å². The van der Waals surface area contributed by atoms with Crippen LogP contribution in [-0.4, -0.2) is 12.0 Å². The van der Waals surface area contributed by atoms with Gasteiger partial charge in [-0.1, -0.05) is 34.1 Å². The second kappa shape index (κ2) is 5.62. The lowest BCUT2D eigenvalue weighted by Crippen LogP contribution is -2.16. The van der Waals surface area contributed by atoms with Crippen LogP contribution in [0.1, 0.15) is 11.3 Å². The van der Waals surface area contributed by atoms with Gasteiger partial charge in [0.25, 0.3) is 0 Å². The third-order valence-electron chi connectivity index (χ3n) is 2.44. The summed E-state index contributed by atoms with van der Waals surface area (Å²) in [7, 11) is 2.04. The van der Waals surface area contributed by atoms with Crippen molar-refractivity contribution in [3.63, 3.8) is 0 Å². The molecule has 17 heavy (non-hydrogen) atoms. The average Bonchev–Trinajstić information content (AvgIpc) is 2.81. The van der Waals surface area contributed by atoms with E-state index in [0.717, 1.165) is 21.8 Å². The van der Waals surface area contributed by atoms with Gasteiger partial charge in [-0.15, -0.1) is 11.3 Å². The Morgan fingerprint density at radius 2 is 2.18 bits per heavy atom. The van der Waals surface area contributed by atoms with Crippen LogP contribution in [0, 0.1) is 0 Å². The van der Waals surface area contributed by atoms with Gasteiger partial charge in [0.2, 0.25) is 0 Å². The molecule has 0 bridgehead atoms. The molecule has 2 N–H and O–H groups in total. The molecule has 0 amide bonds. The molecule has 0 aliphatic heterocycles. The van der Waals surface area contributed by atoms with Crippen LogP contribution < -0.4 is 10.6 Å². The van der Waals surface area contributed by atoms with Gasteiger partial charge in [0.15, 0.2) is 5.13 Å². The maximum absolute atomic E-state index is 5.56. The monoisotopic (exact) mass is 311 g/mol. The fourth-order valence-corrected chi connectivity index (χ4v) is 2.73. The van der Waals surface area contributed by atoms with E-state index in [1.165, 1.54) is 5.56 Å². The van der Waals surface area contributed by atoms with Gasteiger partial charge < -0.3 is 10.6 Å². The highest BCUT2D eigenvalue weighted by molar-refractivity contribution is 9.10. The number of nitrogens with zero attached hydrogens (tertiary/aromatic N) is 2. The minimum Gasteiger partial charge on any atom is -0.347 e. The Labute approximate surface area is 113 Å². The lowest BCUT2D eigenvalue weighted by molar-refractivity contribution is 0.897. The molecule has 0 aliphatic rings. The molecule has 2 aromatic rings. The van der Waals surface area contributed by atoms with E-state index in [0.29, 0.717) is 6.54 Å². The summed E-state index contributed by atoms with van der Waals surface area (Å²) in [4.78, 5) is 6.59. The van der Waals surface area contributed by atoms with Crippen molar-refractivity contribution in [1.29, 1.82) is 0 Å². The molecule has 0 spiro atoms. The number of hydrogen-bond acceptors (Lipinski definition) is 4. The van der Waals surface area contributed by atoms with E-state index < -0.39 is 0 Å². The standard InChI is InChI=1S/C12H14BrN3S/c1-16(12-15-10(6-14)8-17-12)7-9-4-2-3-5-11(9)13/h2-5,8H,6-7,14H2,1H3. The third-order valence-corrected chi connectivity index (χ3v) is 4.22. The fraction of sp³-hybridized carbons (Fsp3) is 0.250. The largest absolute Gasteiger partial charge is 0.347 e. The van der Waals surface area contributed by atoms with Crippen molar-refractivity contribution in [2.24, 2.45) is 5.73 Å². The van der Waals surface area contributed by atoms with Gasteiger partial charge in [-0.25, -0.2) is 4.98 Å². The van der Waals surface area contributed by atoms with E-state index >= 15 is 0 Å². The molecule has 1 aromatic carbocycles. The normalized spacial score (nSPS) is 10.5. The number of anilines is 1. The number of nitrogens with two attached hydrogens (primary N) is 1. The molecule has 5 heteroatoms. The van der Waals surface area contributed by atoms with Crippen molar-refractivity contribution in [3.05, 3.63) is 45.4 Å². The Hall–Kier alpha value is -0.910. The van der Waals surface area contributed by atoms with Gasteiger partial charge in [0, 0.05) is 30.0 Å². The minimum atomic E-state index is 0.499. The SMILES string of the molecule is CN(Cc1ccccc1Br)c1nc(CN)cs1. The third kappa shape index (κ3) is 3.06. The summed E-state index contributed by atoms with van der Waals surface area (Å²) in [5.74, 6) is 0. The first-order valence-electron chi connectivity index (χ1n) is 5.29. The molecular weight excluding hydrogens is 298 g/mol. The Bertz CT molecular complexity index is 498. The topological polar surface area (TPSA) is 42.2 Å². The van der Waals surface area contributed by atoms with Crippen LogP contribution in [-0.2, 0) is 13.1 Å². The molecule has 90 valence electrons. The molecule has 1 aromatic heterocycles. The Balaban J connectivity index is 2.11. The summed E-state index contributed by atoms with van der Waals surface area (Å²) in [6.45, 7) is 1.33. The molecule has 0 fully saturated rings. The van der Waals surface area contributed by atoms with Gasteiger partial charge in [-0.3, -0.25) is 0 Å². The van der Waals surface area contributed by atoms with Crippen LogP contribution >= 0.6 is 27.3 Å². The summed E-state index contributed by atoms with van der Waals surface area (Å²) in [5, 5.41) is 3.01. The lowest BCUT2D eigenvalue weighted by Gasteiger charge is -2.16. The first-order chi connectivity index (χ1) is 8.20. The molecule has 2 rings (SSSR count). The van der Waals surface area contributed by atoms with Crippen molar-refractivity contribution >= 4 is 32.4 Å². The number of rotatable bonds is 4. The zero-order valence-corrected chi connectivity index (χ0v) is 12.0. The van der Waals surface area contributed by atoms with Crippen molar-refractivity contribution in [2.45, 2.75) is 13.1 Å². The van der Waals surface area contributed by atoms with Gasteiger partial charge in [0.1, 0.15) is 0 Å². The predicted molar refractivity (Wildman–Crippen MR) is 76.3 cm³/mol. The number of halogens is 1. The van der Waals surface area contributed by atoms with Crippen LogP contribution in [0.25, 0.3) is 0 Å². The molecule has 3 nitrogen and oxygen atoms in total. The van der Waals surface area contributed by atoms with Crippen LogP contribution in [0.5, 0.6) is 0 Å². The van der Waals surface area contributed by atoms with Crippen molar-refractivity contribution in [1.82, 2.24) is 4.98 Å². The Morgan fingerprint density at radius 1 is 1.41 bits per heavy atom. The number of aromatic nitrogens is 1. The van der Waals surface area contributed by atoms with E-state index in [-0.39, 0.29) is 0 Å². The van der Waals surface area contributed by atoms with Crippen molar-refractivity contribution in [3.8, 4) is 0 Å². The highest BCUT2D eigenvalue weighted by Crippen LogP contribution is 2.23. The quantitative estimate of drug-likeness (QED) is 0.944. The first kappa shape index (κ1) is 12.5. The molecule has 0 unspecified atom stereocenters. The van der Waals surface area contributed by atoms with Gasteiger partial charge in [0.05, 0.1) is 5.69 Å². The molecular formula is C12H14BrN3S. The summed E-state index contributed by atoms with van der Waals surface area (Å²) in [6, 6.07) is 8.22. The summed E-state index contributed by atoms with van der Waals surface area (Å²) < 4.78 is 1.13. The highest BCUT2D eigenvalue weighted by atomic mass is 79.9. The Morgan fingerprint density at radius 3 is 2.82 bits per heavy atom. The number of thiazole rings is 1. The van der Waals surface area contributed by atoms with Crippen LogP contribution in [0.4, 0.5) is 5.13 Å². The smallest absolute Gasteiger partial charge is 0.185 e. The number of benzene rings is 1. The van der Waals surface area contributed by atoms with E-state index in [9.17, 15) is 0 Å². The van der Waals surface area contributed by atoms with Gasteiger partial charge in [-0.2, -0.15) is 0 Å². The minimum absolute atomic E-state index is 0.499. The zero-order chi connectivity index (χ0) is 12.3. The van der Waals surface area contributed by atoms with Crippen LogP contribution in [0.15, 0.2) is 34.1 Å². The predicted octanol–water partition coefficient (Wildman–Crippen LogP) is 3.00. The van der Waals surface area contributed by atoms with E-state index in [1.807, 2.05) is 24.6 Å². The second-order valence-corrected chi connectivity index (χ2v) is 5.46. The molecule has 0 atom stereocenters. The molecule has 0 radical (unpaired) electrons. The van der Waals surface area contributed by atoms with Crippen LogP contribution in [0.2, 0.25) is 0 Å². The molecule has 0 aliphatic carbocycles. The highest BCUT2D eigenvalue weighted by Gasteiger charge is 2.08. The van der Waals surface area contributed by atoms with Gasteiger partial charge >= 0.3 is 0 Å². The maximum atomic E-state index is 5.56. The summed E-state index contributed by atoms with van der Waals surface area (Å²) in [6.07, 6.45) is 0. The van der Waals surface area contributed by atoms with E-state index in [2.05, 4.69) is 37.9 Å². The summed E-state index contributed by atoms with van der Waals surface area (Å²) in [5.41, 5.74) is 7.76. The molecule has 1 heterocycles.